The number of aryl methyl sites for hydroxylation is 2. The van der Waals surface area contributed by atoms with E-state index < -0.39 is 10.0 Å². The highest BCUT2D eigenvalue weighted by Gasteiger charge is 2.25. The number of morpholine rings is 1. The van der Waals surface area contributed by atoms with Crippen LogP contribution in [-0.4, -0.2) is 90.4 Å². The minimum atomic E-state index is -3.78. The summed E-state index contributed by atoms with van der Waals surface area (Å²) in [5.41, 5.74) is 1.69. The molecule has 4 rings (SSSR count). The van der Waals surface area contributed by atoms with Crippen molar-refractivity contribution in [2.45, 2.75) is 31.6 Å². The van der Waals surface area contributed by atoms with Gasteiger partial charge in [0.2, 0.25) is 10.0 Å². The van der Waals surface area contributed by atoms with Gasteiger partial charge < -0.3 is 14.5 Å². The van der Waals surface area contributed by atoms with Gasteiger partial charge in [-0.25, -0.2) is 13.4 Å². The lowest BCUT2D eigenvalue weighted by Gasteiger charge is -2.28. The predicted molar refractivity (Wildman–Crippen MR) is 137 cm³/mol. The Morgan fingerprint density at radius 1 is 1.22 bits per heavy atom. The van der Waals surface area contributed by atoms with E-state index in [1.165, 1.54) is 21.1 Å². The van der Waals surface area contributed by atoms with Crippen molar-refractivity contribution in [2.24, 2.45) is 7.05 Å². The zero-order valence-electron chi connectivity index (χ0n) is 21.3. The molecular weight excluding hydrogens is 484 g/mol. The number of hydrogen-bond donors (Lipinski definition) is 1. The Bertz CT molecular complexity index is 1380. The van der Waals surface area contributed by atoms with Crippen LogP contribution < -0.4 is 10.3 Å². The van der Waals surface area contributed by atoms with Crippen molar-refractivity contribution in [3.8, 4) is 17.1 Å². The maximum atomic E-state index is 13.4. The molecule has 36 heavy (non-hydrogen) atoms. The van der Waals surface area contributed by atoms with Gasteiger partial charge >= 0.3 is 0 Å². The van der Waals surface area contributed by atoms with E-state index >= 15 is 0 Å². The molecular formula is C24H34N6O5S. The van der Waals surface area contributed by atoms with E-state index in [2.05, 4.69) is 15.0 Å². The van der Waals surface area contributed by atoms with Gasteiger partial charge in [0.1, 0.15) is 17.1 Å². The molecule has 0 radical (unpaired) electrons. The summed E-state index contributed by atoms with van der Waals surface area (Å²) in [4.78, 5) is 22.8. The molecule has 196 valence electrons. The van der Waals surface area contributed by atoms with Crippen LogP contribution in [0.5, 0.6) is 5.75 Å². The van der Waals surface area contributed by atoms with Gasteiger partial charge in [0.25, 0.3) is 5.56 Å². The smallest absolute Gasteiger partial charge is 0.277 e. The van der Waals surface area contributed by atoms with E-state index in [9.17, 15) is 13.2 Å². The molecule has 1 aliphatic heterocycles. The Morgan fingerprint density at radius 3 is 2.67 bits per heavy atom. The summed E-state index contributed by atoms with van der Waals surface area (Å²) < 4.78 is 40.8. The molecule has 0 saturated carbocycles. The molecule has 11 nitrogen and oxygen atoms in total. The highest BCUT2D eigenvalue weighted by molar-refractivity contribution is 7.89. The summed E-state index contributed by atoms with van der Waals surface area (Å²) in [6.45, 7) is 8.11. The van der Waals surface area contributed by atoms with Gasteiger partial charge in [0, 0.05) is 40.3 Å². The summed E-state index contributed by atoms with van der Waals surface area (Å²) in [6.07, 6.45) is 1.53. The molecule has 1 aliphatic rings. The molecule has 3 aromatic rings. The van der Waals surface area contributed by atoms with Crippen molar-refractivity contribution in [3.63, 3.8) is 0 Å². The van der Waals surface area contributed by atoms with Gasteiger partial charge in [-0.05, 0) is 31.5 Å². The van der Waals surface area contributed by atoms with Crippen molar-refractivity contribution in [1.29, 1.82) is 0 Å². The monoisotopic (exact) mass is 518 g/mol. The van der Waals surface area contributed by atoms with Gasteiger partial charge in [0.15, 0.2) is 5.52 Å². The number of rotatable bonds is 10. The fourth-order valence-electron chi connectivity index (χ4n) is 4.32. The second kappa shape index (κ2) is 11.1. The maximum absolute atomic E-state index is 13.4. The predicted octanol–water partition coefficient (Wildman–Crippen LogP) is 1.63. The highest BCUT2D eigenvalue weighted by atomic mass is 32.2. The average Bonchev–Trinajstić information content (AvgIpc) is 3.19. The average molecular weight is 519 g/mol. The van der Waals surface area contributed by atoms with Crippen molar-refractivity contribution in [2.75, 3.05) is 53.0 Å². The number of fused-ring (bicyclic) bond motifs is 1. The van der Waals surface area contributed by atoms with E-state index in [0.29, 0.717) is 61.7 Å². The topological polar surface area (TPSA) is 123 Å². The van der Waals surface area contributed by atoms with Gasteiger partial charge in [-0.2, -0.15) is 9.40 Å². The molecule has 0 atom stereocenters. The zero-order chi connectivity index (χ0) is 25.9. The minimum Gasteiger partial charge on any atom is -0.493 e. The highest BCUT2D eigenvalue weighted by Crippen LogP contribution is 2.32. The Balaban J connectivity index is 1.72. The van der Waals surface area contributed by atoms with Gasteiger partial charge in [-0.1, -0.05) is 13.3 Å². The van der Waals surface area contributed by atoms with Crippen molar-refractivity contribution in [1.82, 2.24) is 29.0 Å². The largest absolute Gasteiger partial charge is 0.493 e. The second-order valence-electron chi connectivity index (χ2n) is 8.80. The molecule has 1 saturated heterocycles. The van der Waals surface area contributed by atoms with Crippen LogP contribution in [0.4, 0.5) is 0 Å². The number of sulfonamides is 1. The van der Waals surface area contributed by atoms with Crippen LogP contribution in [0.15, 0.2) is 27.9 Å². The van der Waals surface area contributed by atoms with E-state index in [1.54, 1.807) is 20.2 Å². The third-order valence-electron chi connectivity index (χ3n) is 6.30. The molecule has 0 aliphatic carbocycles. The molecule has 0 spiro atoms. The van der Waals surface area contributed by atoms with Crippen LogP contribution in [0.2, 0.25) is 0 Å². The number of ether oxygens (including phenoxy) is 2. The Hall–Kier alpha value is -2.80. The molecule has 1 N–H and O–H groups in total. The number of likely N-dealkylation sites (N-methyl/N-ethyl adjacent to an activating group) is 1. The van der Waals surface area contributed by atoms with E-state index in [4.69, 9.17) is 14.5 Å². The first-order valence-corrected chi connectivity index (χ1v) is 13.7. The normalized spacial score (nSPS) is 15.1. The molecule has 0 amide bonds. The number of nitrogens with one attached hydrogen (secondary N) is 1. The first-order chi connectivity index (χ1) is 17.3. The second-order valence-corrected chi connectivity index (χ2v) is 10.8. The summed E-state index contributed by atoms with van der Waals surface area (Å²) in [6, 6.07) is 4.66. The van der Waals surface area contributed by atoms with Crippen molar-refractivity contribution < 1.29 is 17.9 Å². The standard InChI is InChI=1S/C24H34N6O5S/c1-5-7-19-21-22(29(4)27-19)24(31)26-23(25-21)18-16-17(8-9-20(18)35-6-2)36(32,33)28(3)10-11-30-12-14-34-15-13-30/h8-9,16H,5-7,10-15H2,1-4H3,(H,25,26,31). The molecule has 12 heteroatoms. The number of aromatic amines is 1. The number of aromatic nitrogens is 4. The van der Waals surface area contributed by atoms with E-state index in [1.807, 2.05) is 13.8 Å². The quantitative estimate of drug-likeness (QED) is 0.430. The van der Waals surface area contributed by atoms with E-state index in [0.717, 1.165) is 25.2 Å². The van der Waals surface area contributed by atoms with Crippen LogP contribution in [0.1, 0.15) is 26.0 Å². The summed E-state index contributed by atoms with van der Waals surface area (Å²) in [5, 5.41) is 4.46. The summed E-state index contributed by atoms with van der Waals surface area (Å²) in [5.74, 6) is 0.685. The van der Waals surface area contributed by atoms with Crippen molar-refractivity contribution in [3.05, 3.63) is 34.2 Å². The van der Waals surface area contributed by atoms with Crippen LogP contribution in [0.3, 0.4) is 0 Å². The summed E-state index contributed by atoms with van der Waals surface area (Å²) >= 11 is 0. The molecule has 1 fully saturated rings. The van der Waals surface area contributed by atoms with Gasteiger partial charge in [-0.15, -0.1) is 0 Å². The fourth-order valence-corrected chi connectivity index (χ4v) is 5.51. The van der Waals surface area contributed by atoms with Gasteiger partial charge in [0.05, 0.1) is 36.0 Å². The number of nitrogens with zero attached hydrogens (tertiary/aromatic N) is 5. The van der Waals surface area contributed by atoms with Crippen LogP contribution in [0.25, 0.3) is 22.4 Å². The first kappa shape index (κ1) is 26.3. The zero-order valence-corrected chi connectivity index (χ0v) is 22.1. The third-order valence-corrected chi connectivity index (χ3v) is 8.15. The Kier molecular flexibility index (Phi) is 8.08. The molecule has 1 aromatic carbocycles. The maximum Gasteiger partial charge on any atom is 0.277 e. The first-order valence-electron chi connectivity index (χ1n) is 12.3. The lowest BCUT2D eigenvalue weighted by atomic mass is 10.1. The fraction of sp³-hybridized carbons (Fsp3) is 0.542. The number of H-pyrrole nitrogens is 1. The van der Waals surface area contributed by atoms with E-state index in [-0.39, 0.29) is 16.3 Å². The molecule has 0 unspecified atom stereocenters. The minimum absolute atomic E-state index is 0.105. The molecule has 0 bridgehead atoms. The van der Waals surface area contributed by atoms with Crippen LogP contribution in [0, 0.1) is 0 Å². The lowest BCUT2D eigenvalue weighted by molar-refractivity contribution is 0.0368. The van der Waals surface area contributed by atoms with Crippen LogP contribution in [-0.2, 0) is 28.2 Å². The SMILES string of the molecule is CCCc1nn(C)c2c(=O)[nH]c(-c3cc(S(=O)(=O)N(C)CCN4CCOCC4)ccc3OCC)nc12. The lowest BCUT2D eigenvalue weighted by Crippen LogP contribution is -2.41. The molecule has 3 heterocycles. The Labute approximate surface area is 211 Å². The number of benzene rings is 1. The Morgan fingerprint density at radius 2 is 1.97 bits per heavy atom. The van der Waals surface area contributed by atoms with Crippen LogP contribution >= 0.6 is 0 Å². The summed E-state index contributed by atoms with van der Waals surface area (Å²) in [7, 11) is -0.498. The molecule has 2 aromatic heterocycles. The van der Waals surface area contributed by atoms with Crippen molar-refractivity contribution >= 4 is 21.1 Å². The van der Waals surface area contributed by atoms with Gasteiger partial charge in [-0.3, -0.25) is 14.4 Å². The number of hydrogen-bond acceptors (Lipinski definition) is 8. The third kappa shape index (κ3) is 5.31.